The topological polar surface area (TPSA) is 31.7 Å². The number of halogens is 2. The minimum atomic E-state index is -0.212. The average molecular weight is 319 g/mol. The summed E-state index contributed by atoms with van der Waals surface area (Å²) in [5, 5.41) is 4.01. The second-order valence-electron chi connectivity index (χ2n) is 5.12. The van der Waals surface area contributed by atoms with Gasteiger partial charge in [0.2, 0.25) is 0 Å². The molecular formula is C16H16ClFN4. The number of rotatable bonds is 4. The summed E-state index contributed by atoms with van der Waals surface area (Å²) >= 11 is 5.55. The number of nitrogens with zero attached hydrogens (tertiary/aromatic N) is 4. The van der Waals surface area contributed by atoms with E-state index in [1.807, 2.05) is 35.3 Å². The van der Waals surface area contributed by atoms with Gasteiger partial charge in [0.15, 0.2) is 0 Å². The first-order valence-corrected chi connectivity index (χ1v) is 7.43. The molecule has 1 atom stereocenters. The lowest BCUT2D eigenvalue weighted by Crippen LogP contribution is -2.37. The number of fused-ring (bicyclic) bond motifs is 1. The number of aromatic nitrogens is 1. The predicted octanol–water partition coefficient (Wildman–Crippen LogP) is 3.40. The Morgan fingerprint density at radius 1 is 1.32 bits per heavy atom. The van der Waals surface area contributed by atoms with Gasteiger partial charge in [0, 0.05) is 24.4 Å². The highest BCUT2D eigenvalue weighted by Gasteiger charge is 2.34. The van der Waals surface area contributed by atoms with Gasteiger partial charge in [0.25, 0.3) is 0 Å². The maximum Gasteiger partial charge on any atom is 0.148 e. The molecule has 1 aromatic carbocycles. The molecule has 6 heteroatoms. The lowest BCUT2D eigenvalue weighted by atomic mass is 10.1. The van der Waals surface area contributed by atoms with E-state index in [1.165, 1.54) is 11.7 Å². The van der Waals surface area contributed by atoms with E-state index < -0.39 is 0 Å². The molecule has 0 saturated carbocycles. The van der Waals surface area contributed by atoms with E-state index in [0.29, 0.717) is 18.7 Å². The second-order valence-corrected chi connectivity index (χ2v) is 5.31. The van der Waals surface area contributed by atoms with E-state index in [0.717, 1.165) is 11.4 Å². The molecule has 0 N–H and O–H groups in total. The molecule has 1 unspecified atom stereocenters. The van der Waals surface area contributed by atoms with Crippen LogP contribution in [0.25, 0.3) is 0 Å². The minimum Gasteiger partial charge on any atom is -0.284 e. The zero-order valence-electron chi connectivity index (χ0n) is 12.2. The molecule has 114 valence electrons. The number of hydrogen-bond acceptors (Lipinski definition) is 4. The van der Waals surface area contributed by atoms with Crippen molar-refractivity contribution in [3.05, 3.63) is 59.5 Å². The van der Waals surface area contributed by atoms with Crippen molar-refractivity contribution in [2.24, 2.45) is 4.99 Å². The number of pyridine rings is 1. The van der Waals surface area contributed by atoms with Gasteiger partial charge in [-0.2, -0.15) is 0 Å². The molecule has 0 spiro atoms. The molecule has 2 aromatic rings. The molecule has 22 heavy (non-hydrogen) atoms. The second kappa shape index (κ2) is 6.42. The Bertz CT molecular complexity index is 691. The number of benzene rings is 1. The van der Waals surface area contributed by atoms with Crippen LogP contribution in [0.5, 0.6) is 0 Å². The molecule has 1 aliphatic rings. The fourth-order valence-electron chi connectivity index (χ4n) is 2.73. The van der Waals surface area contributed by atoms with Crippen molar-refractivity contribution in [2.45, 2.75) is 12.6 Å². The van der Waals surface area contributed by atoms with Crippen molar-refractivity contribution in [3.8, 4) is 0 Å². The Morgan fingerprint density at radius 2 is 2.14 bits per heavy atom. The standard InChI is InChI=1S/C16H16ClFN4/c1-21-15(9-19-11-17)13-6-4-8-20-16(13)22(21)10-12-5-2-3-7-14(12)18/h2-8,11,15H,9-10H2,1H3. The number of hydrazine groups is 1. The quantitative estimate of drug-likeness (QED) is 0.810. The summed E-state index contributed by atoms with van der Waals surface area (Å²) in [5.41, 5.74) is 2.99. The van der Waals surface area contributed by atoms with Crippen LogP contribution >= 0.6 is 11.6 Å². The van der Waals surface area contributed by atoms with Gasteiger partial charge in [0.05, 0.1) is 24.8 Å². The van der Waals surface area contributed by atoms with E-state index in [1.54, 1.807) is 18.3 Å². The SMILES string of the molecule is CN1C(CN=CCl)c2cccnc2N1Cc1ccccc1F. The molecule has 0 fully saturated rings. The van der Waals surface area contributed by atoms with E-state index in [9.17, 15) is 4.39 Å². The first-order chi connectivity index (χ1) is 10.7. The number of hydrogen-bond donors (Lipinski definition) is 0. The summed E-state index contributed by atoms with van der Waals surface area (Å²) in [4.78, 5) is 8.58. The third kappa shape index (κ3) is 2.69. The molecule has 2 heterocycles. The number of anilines is 1. The fraction of sp³-hybridized carbons (Fsp3) is 0.250. The van der Waals surface area contributed by atoms with Crippen molar-refractivity contribution in [3.63, 3.8) is 0 Å². The monoisotopic (exact) mass is 318 g/mol. The van der Waals surface area contributed by atoms with Crippen molar-refractivity contribution in [2.75, 3.05) is 18.6 Å². The molecular weight excluding hydrogens is 303 g/mol. The van der Waals surface area contributed by atoms with Crippen LogP contribution in [0.1, 0.15) is 17.2 Å². The van der Waals surface area contributed by atoms with Gasteiger partial charge in [-0.05, 0) is 12.1 Å². The van der Waals surface area contributed by atoms with Crippen LogP contribution in [-0.2, 0) is 6.54 Å². The molecule has 4 nitrogen and oxygen atoms in total. The molecule has 0 radical (unpaired) electrons. The summed E-state index contributed by atoms with van der Waals surface area (Å²) in [6.07, 6.45) is 1.74. The lowest BCUT2D eigenvalue weighted by molar-refractivity contribution is 0.249. The van der Waals surface area contributed by atoms with Gasteiger partial charge >= 0.3 is 0 Å². The van der Waals surface area contributed by atoms with Crippen molar-refractivity contribution >= 4 is 23.1 Å². The van der Waals surface area contributed by atoms with Gasteiger partial charge in [-0.25, -0.2) is 14.4 Å². The summed E-state index contributed by atoms with van der Waals surface area (Å²) in [5.74, 6) is 0.624. The zero-order valence-corrected chi connectivity index (χ0v) is 12.9. The van der Waals surface area contributed by atoms with Gasteiger partial charge < -0.3 is 0 Å². The Labute approximate surface area is 133 Å². The van der Waals surface area contributed by atoms with Crippen LogP contribution in [0.2, 0.25) is 0 Å². The lowest BCUT2D eigenvalue weighted by Gasteiger charge is -2.29. The van der Waals surface area contributed by atoms with Crippen molar-refractivity contribution < 1.29 is 4.39 Å². The van der Waals surface area contributed by atoms with E-state index in [2.05, 4.69) is 9.98 Å². The van der Waals surface area contributed by atoms with Gasteiger partial charge in [-0.3, -0.25) is 10.0 Å². The van der Waals surface area contributed by atoms with Gasteiger partial charge in [0.1, 0.15) is 11.6 Å². The Hall–Kier alpha value is -1.98. The summed E-state index contributed by atoms with van der Waals surface area (Å²) < 4.78 is 13.9. The Morgan fingerprint density at radius 3 is 2.91 bits per heavy atom. The largest absolute Gasteiger partial charge is 0.284 e. The van der Waals surface area contributed by atoms with Gasteiger partial charge in [-0.15, -0.1) is 0 Å². The molecule has 0 amide bonds. The van der Waals surface area contributed by atoms with E-state index in [4.69, 9.17) is 11.6 Å². The van der Waals surface area contributed by atoms with Crippen molar-refractivity contribution in [1.29, 1.82) is 0 Å². The third-order valence-corrected chi connectivity index (χ3v) is 4.02. The highest BCUT2D eigenvalue weighted by molar-refractivity contribution is 6.56. The fourth-order valence-corrected chi connectivity index (χ4v) is 2.81. The van der Waals surface area contributed by atoms with Crippen LogP contribution in [0, 0.1) is 5.82 Å². The molecule has 0 aliphatic carbocycles. The number of aliphatic imine (C=N–C) groups is 1. The third-order valence-electron chi connectivity index (χ3n) is 3.88. The summed E-state index contributed by atoms with van der Waals surface area (Å²) in [7, 11) is 1.96. The smallest absolute Gasteiger partial charge is 0.148 e. The number of likely N-dealkylation sites (N-methyl/N-ethyl adjacent to an activating group) is 1. The molecule has 3 rings (SSSR count). The summed E-state index contributed by atoms with van der Waals surface area (Å²) in [6, 6.07) is 10.8. The first kappa shape index (κ1) is 14.9. The highest BCUT2D eigenvalue weighted by atomic mass is 35.5. The van der Waals surface area contributed by atoms with Crippen LogP contribution in [-0.4, -0.2) is 29.3 Å². The zero-order chi connectivity index (χ0) is 15.5. The Kier molecular flexibility index (Phi) is 4.36. The van der Waals surface area contributed by atoms with Crippen LogP contribution in [0.3, 0.4) is 0 Å². The van der Waals surface area contributed by atoms with Crippen molar-refractivity contribution in [1.82, 2.24) is 9.99 Å². The van der Waals surface area contributed by atoms with Gasteiger partial charge in [-0.1, -0.05) is 35.9 Å². The van der Waals surface area contributed by atoms with Crippen LogP contribution in [0.15, 0.2) is 47.6 Å². The maximum absolute atomic E-state index is 13.9. The normalized spacial score (nSPS) is 18.1. The predicted molar refractivity (Wildman–Crippen MR) is 86.5 cm³/mol. The highest BCUT2D eigenvalue weighted by Crippen LogP contribution is 2.38. The molecule has 0 bridgehead atoms. The van der Waals surface area contributed by atoms with E-state index in [-0.39, 0.29) is 11.9 Å². The molecule has 1 aliphatic heterocycles. The Balaban J connectivity index is 1.93. The molecule has 0 saturated heterocycles. The minimum absolute atomic E-state index is 0.0467. The summed E-state index contributed by atoms with van der Waals surface area (Å²) in [6.45, 7) is 0.959. The maximum atomic E-state index is 13.9. The average Bonchev–Trinajstić information content (AvgIpc) is 2.80. The molecule has 1 aromatic heterocycles. The first-order valence-electron chi connectivity index (χ1n) is 6.99. The van der Waals surface area contributed by atoms with E-state index >= 15 is 0 Å². The van der Waals surface area contributed by atoms with Crippen LogP contribution < -0.4 is 5.01 Å². The van der Waals surface area contributed by atoms with Crippen LogP contribution in [0.4, 0.5) is 10.2 Å².